The number of hydrogen-bond acceptors (Lipinski definition) is 7. The Bertz CT molecular complexity index is 665. The standard InChI is InChI=1S/C16H18N4O3/c17-15-14(8-18-11-19-15)16(21)23-10-13-9-20(6-7-22-13)12-4-2-1-3-5-12/h1-5,8,11,13H,6-7,9-10H2,(H2,17,18,19). The van der Waals surface area contributed by atoms with Gasteiger partial charge in [0.15, 0.2) is 0 Å². The number of nitrogen functional groups attached to an aromatic ring is 1. The number of nitrogens with zero attached hydrogens (tertiary/aromatic N) is 3. The van der Waals surface area contributed by atoms with E-state index in [1.165, 1.54) is 12.5 Å². The maximum Gasteiger partial charge on any atom is 0.343 e. The fourth-order valence-electron chi connectivity index (χ4n) is 2.44. The van der Waals surface area contributed by atoms with Gasteiger partial charge in [-0.3, -0.25) is 0 Å². The van der Waals surface area contributed by atoms with Crippen LogP contribution >= 0.6 is 0 Å². The zero-order valence-corrected chi connectivity index (χ0v) is 12.6. The summed E-state index contributed by atoms with van der Waals surface area (Å²) < 4.78 is 10.9. The van der Waals surface area contributed by atoms with E-state index in [1.54, 1.807) is 0 Å². The molecule has 120 valence electrons. The van der Waals surface area contributed by atoms with Crippen molar-refractivity contribution in [3.05, 3.63) is 48.4 Å². The molecule has 0 saturated carbocycles. The lowest BCUT2D eigenvalue weighted by Crippen LogP contribution is -2.44. The Morgan fingerprint density at radius 1 is 1.39 bits per heavy atom. The van der Waals surface area contributed by atoms with Crippen LogP contribution < -0.4 is 10.6 Å². The molecule has 23 heavy (non-hydrogen) atoms. The summed E-state index contributed by atoms with van der Waals surface area (Å²) in [6.07, 6.45) is 2.45. The monoisotopic (exact) mass is 314 g/mol. The summed E-state index contributed by atoms with van der Waals surface area (Å²) in [6, 6.07) is 10.1. The number of nitrogens with two attached hydrogens (primary N) is 1. The Labute approximate surface area is 134 Å². The smallest absolute Gasteiger partial charge is 0.343 e. The Kier molecular flexibility index (Phi) is 4.68. The van der Waals surface area contributed by atoms with E-state index in [1.807, 2.05) is 18.2 Å². The molecule has 2 heterocycles. The molecule has 1 fully saturated rings. The molecule has 0 spiro atoms. The van der Waals surface area contributed by atoms with Crippen molar-refractivity contribution in [1.29, 1.82) is 0 Å². The average Bonchev–Trinajstić information content (AvgIpc) is 2.61. The van der Waals surface area contributed by atoms with Gasteiger partial charge >= 0.3 is 5.97 Å². The van der Waals surface area contributed by atoms with Gasteiger partial charge in [0.2, 0.25) is 0 Å². The Morgan fingerprint density at radius 2 is 2.22 bits per heavy atom. The molecular weight excluding hydrogens is 296 g/mol. The second kappa shape index (κ2) is 7.06. The van der Waals surface area contributed by atoms with Crippen molar-refractivity contribution >= 4 is 17.5 Å². The van der Waals surface area contributed by atoms with Crippen molar-refractivity contribution < 1.29 is 14.3 Å². The highest BCUT2D eigenvalue weighted by Crippen LogP contribution is 2.17. The predicted molar refractivity (Wildman–Crippen MR) is 85.1 cm³/mol. The van der Waals surface area contributed by atoms with Crippen LogP contribution in [0.2, 0.25) is 0 Å². The highest BCUT2D eigenvalue weighted by molar-refractivity contribution is 5.93. The normalized spacial score (nSPS) is 17.7. The predicted octanol–water partition coefficient (Wildman–Crippen LogP) is 1.12. The zero-order valence-electron chi connectivity index (χ0n) is 12.6. The van der Waals surface area contributed by atoms with Crippen LogP contribution in [0.5, 0.6) is 0 Å². The van der Waals surface area contributed by atoms with Gasteiger partial charge in [-0.05, 0) is 12.1 Å². The van der Waals surface area contributed by atoms with Gasteiger partial charge in [0.05, 0.1) is 6.61 Å². The molecule has 3 rings (SSSR count). The van der Waals surface area contributed by atoms with Crippen molar-refractivity contribution in [2.24, 2.45) is 0 Å². The Balaban J connectivity index is 1.56. The molecule has 1 atom stereocenters. The van der Waals surface area contributed by atoms with Gasteiger partial charge < -0.3 is 20.1 Å². The maximum absolute atomic E-state index is 12.0. The third-order valence-corrected chi connectivity index (χ3v) is 3.62. The number of carbonyl (C=O) groups is 1. The fourth-order valence-corrected chi connectivity index (χ4v) is 2.44. The minimum absolute atomic E-state index is 0.112. The lowest BCUT2D eigenvalue weighted by atomic mass is 10.2. The molecule has 1 saturated heterocycles. The second-order valence-corrected chi connectivity index (χ2v) is 5.19. The SMILES string of the molecule is Nc1ncncc1C(=O)OCC1CN(c2ccccc2)CCO1. The molecule has 1 aliphatic heterocycles. The number of carbonyl (C=O) groups excluding carboxylic acids is 1. The Hall–Kier alpha value is -2.67. The van der Waals surface area contributed by atoms with Crippen molar-refractivity contribution in [3.8, 4) is 0 Å². The number of aromatic nitrogens is 2. The number of rotatable bonds is 4. The van der Waals surface area contributed by atoms with Crippen LogP contribution in [-0.2, 0) is 9.47 Å². The topological polar surface area (TPSA) is 90.6 Å². The summed E-state index contributed by atoms with van der Waals surface area (Å²) in [6.45, 7) is 2.23. The number of hydrogen-bond donors (Lipinski definition) is 1. The van der Waals surface area contributed by atoms with E-state index in [0.29, 0.717) is 13.2 Å². The van der Waals surface area contributed by atoms with Gasteiger partial charge in [-0.15, -0.1) is 0 Å². The van der Waals surface area contributed by atoms with Crippen LogP contribution in [-0.4, -0.2) is 48.3 Å². The minimum Gasteiger partial charge on any atom is -0.459 e. The molecule has 2 aromatic rings. The number of benzene rings is 1. The first kappa shape index (κ1) is 15.2. The average molecular weight is 314 g/mol. The molecule has 0 aliphatic carbocycles. The van der Waals surface area contributed by atoms with Crippen LogP contribution in [0.25, 0.3) is 0 Å². The van der Waals surface area contributed by atoms with E-state index < -0.39 is 5.97 Å². The van der Waals surface area contributed by atoms with Gasteiger partial charge in [-0.25, -0.2) is 14.8 Å². The number of ether oxygens (including phenoxy) is 2. The van der Waals surface area contributed by atoms with E-state index in [0.717, 1.165) is 12.2 Å². The molecule has 1 aromatic carbocycles. The van der Waals surface area contributed by atoms with Crippen molar-refractivity contribution in [1.82, 2.24) is 9.97 Å². The molecule has 1 unspecified atom stereocenters. The highest BCUT2D eigenvalue weighted by atomic mass is 16.6. The molecule has 0 bridgehead atoms. The summed E-state index contributed by atoms with van der Waals surface area (Å²) in [5.74, 6) is -0.427. The van der Waals surface area contributed by atoms with Gasteiger partial charge in [0, 0.05) is 25.0 Å². The largest absolute Gasteiger partial charge is 0.459 e. The third kappa shape index (κ3) is 3.75. The lowest BCUT2D eigenvalue weighted by molar-refractivity contribution is -0.0144. The quantitative estimate of drug-likeness (QED) is 0.846. The molecule has 0 amide bonds. The number of morpholine rings is 1. The van der Waals surface area contributed by atoms with Crippen LogP contribution in [0.3, 0.4) is 0 Å². The van der Waals surface area contributed by atoms with E-state index in [4.69, 9.17) is 15.2 Å². The van der Waals surface area contributed by atoms with Crippen molar-refractivity contribution in [2.45, 2.75) is 6.10 Å². The first-order valence-corrected chi connectivity index (χ1v) is 7.38. The second-order valence-electron chi connectivity index (χ2n) is 5.19. The molecule has 1 aromatic heterocycles. The van der Waals surface area contributed by atoms with Crippen molar-refractivity contribution in [3.63, 3.8) is 0 Å². The number of para-hydroxylation sites is 1. The first-order valence-electron chi connectivity index (χ1n) is 7.38. The maximum atomic E-state index is 12.0. The Morgan fingerprint density at radius 3 is 3.00 bits per heavy atom. The first-order chi connectivity index (χ1) is 11.2. The third-order valence-electron chi connectivity index (χ3n) is 3.62. The van der Waals surface area contributed by atoms with Gasteiger partial charge in [0.1, 0.15) is 30.4 Å². The number of esters is 1. The van der Waals surface area contributed by atoms with Crippen LogP contribution in [0.1, 0.15) is 10.4 Å². The zero-order chi connectivity index (χ0) is 16.1. The van der Waals surface area contributed by atoms with Crippen LogP contribution in [0, 0.1) is 0 Å². The van der Waals surface area contributed by atoms with E-state index in [2.05, 4.69) is 27.0 Å². The lowest BCUT2D eigenvalue weighted by Gasteiger charge is -2.34. The summed E-state index contributed by atoms with van der Waals surface area (Å²) in [7, 11) is 0. The van der Waals surface area contributed by atoms with Gasteiger partial charge in [-0.2, -0.15) is 0 Å². The fraction of sp³-hybridized carbons (Fsp3) is 0.312. The van der Waals surface area contributed by atoms with Crippen molar-refractivity contribution in [2.75, 3.05) is 36.9 Å². The summed E-state index contributed by atoms with van der Waals surface area (Å²) in [5, 5.41) is 0. The molecule has 7 nitrogen and oxygen atoms in total. The molecule has 0 radical (unpaired) electrons. The molecule has 7 heteroatoms. The molecule has 2 N–H and O–H groups in total. The highest BCUT2D eigenvalue weighted by Gasteiger charge is 2.23. The molecule has 1 aliphatic rings. The minimum atomic E-state index is -0.538. The van der Waals surface area contributed by atoms with E-state index >= 15 is 0 Å². The van der Waals surface area contributed by atoms with E-state index in [9.17, 15) is 4.79 Å². The molecular formula is C16H18N4O3. The van der Waals surface area contributed by atoms with Gasteiger partial charge in [0.25, 0.3) is 0 Å². The number of anilines is 2. The van der Waals surface area contributed by atoms with E-state index in [-0.39, 0.29) is 24.1 Å². The van der Waals surface area contributed by atoms with Gasteiger partial charge in [-0.1, -0.05) is 18.2 Å². The summed E-state index contributed by atoms with van der Waals surface area (Å²) in [4.78, 5) is 21.8. The van der Waals surface area contributed by atoms with Crippen LogP contribution in [0.4, 0.5) is 11.5 Å². The van der Waals surface area contributed by atoms with Crippen LogP contribution in [0.15, 0.2) is 42.9 Å². The summed E-state index contributed by atoms with van der Waals surface area (Å²) >= 11 is 0. The summed E-state index contributed by atoms with van der Waals surface area (Å²) in [5.41, 5.74) is 6.94.